The van der Waals surface area contributed by atoms with Gasteiger partial charge in [-0.15, -0.1) is 0 Å². The lowest BCUT2D eigenvalue weighted by Gasteiger charge is -2.14. The molecule has 0 aliphatic heterocycles. The molecule has 2 N–H and O–H groups in total. The topological polar surface area (TPSA) is 56.0 Å². The van der Waals surface area contributed by atoms with Crippen LogP contribution in [-0.4, -0.2) is 11.7 Å². The summed E-state index contributed by atoms with van der Waals surface area (Å²) in [7, 11) is 0. The number of hydrogen-bond donors (Lipinski definition) is 2. The smallest absolute Gasteiger partial charge is 0.143 e. The van der Waals surface area contributed by atoms with Gasteiger partial charge in [-0.25, -0.2) is 4.39 Å². The Morgan fingerprint density at radius 1 is 1.16 bits per heavy atom. The average molecular weight is 256 g/mol. The maximum Gasteiger partial charge on any atom is 0.143 e. The summed E-state index contributed by atoms with van der Waals surface area (Å²) in [6.45, 7) is 0.210. The van der Waals surface area contributed by atoms with Crippen LogP contribution in [0.5, 0.6) is 0 Å². The van der Waals surface area contributed by atoms with Crippen molar-refractivity contribution in [2.75, 3.05) is 11.9 Å². The van der Waals surface area contributed by atoms with E-state index in [9.17, 15) is 9.50 Å². The van der Waals surface area contributed by atoms with Gasteiger partial charge in [0.1, 0.15) is 17.4 Å². The highest BCUT2D eigenvalue weighted by molar-refractivity contribution is 5.58. The number of aliphatic hydroxyl groups excluding tert-OH is 1. The van der Waals surface area contributed by atoms with Crippen molar-refractivity contribution in [2.24, 2.45) is 0 Å². The van der Waals surface area contributed by atoms with Gasteiger partial charge in [-0.2, -0.15) is 5.26 Å². The highest BCUT2D eigenvalue weighted by Crippen LogP contribution is 2.19. The summed E-state index contributed by atoms with van der Waals surface area (Å²) in [5.74, 6) is -0.568. The lowest BCUT2D eigenvalue weighted by Crippen LogP contribution is -2.13. The number of halogens is 1. The minimum atomic E-state index is -0.712. The van der Waals surface area contributed by atoms with E-state index in [1.54, 1.807) is 6.07 Å². The highest BCUT2D eigenvalue weighted by Gasteiger charge is 2.10. The maximum absolute atomic E-state index is 13.4. The average Bonchev–Trinajstić information content (AvgIpc) is 2.45. The van der Waals surface area contributed by atoms with Crippen LogP contribution in [0.25, 0.3) is 0 Å². The molecule has 2 aromatic carbocycles. The summed E-state index contributed by atoms with van der Waals surface area (Å²) in [5, 5.41) is 21.8. The van der Waals surface area contributed by atoms with Gasteiger partial charge in [0.2, 0.25) is 0 Å². The number of nitrogens with one attached hydrogen (secondary N) is 1. The van der Waals surface area contributed by atoms with Crippen molar-refractivity contribution >= 4 is 5.69 Å². The number of hydrogen-bond acceptors (Lipinski definition) is 3. The van der Waals surface area contributed by atoms with Crippen LogP contribution >= 0.6 is 0 Å². The fourth-order valence-electron chi connectivity index (χ4n) is 1.78. The Morgan fingerprint density at radius 2 is 1.89 bits per heavy atom. The zero-order valence-corrected chi connectivity index (χ0v) is 10.2. The predicted octanol–water partition coefficient (Wildman–Crippen LogP) is 2.84. The van der Waals surface area contributed by atoms with Crippen LogP contribution in [0.2, 0.25) is 0 Å². The zero-order chi connectivity index (χ0) is 13.7. The van der Waals surface area contributed by atoms with Gasteiger partial charge in [0.25, 0.3) is 0 Å². The van der Waals surface area contributed by atoms with Gasteiger partial charge in [0.05, 0.1) is 11.8 Å². The van der Waals surface area contributed by atoms with Crippen molar-refractivity contribution in [1.82, 2.24) is 0 Å². The van der Waals surface area contributed by atoms with Crippen molar-refractivity contribution in [3.8, 4) is 6.07 Å². The van der Waals surface area contributed by atoms with E-state index in [1.807, 2.05) is 36.4 Å². The molecular formula is C15H13FN2O. The monoisotopic (exact) mass is 256 g/mol. The normalized spacial score (nSPS) is 11.6. The van der Waals surface area contributed by atoms with Crippen LogP contribution < -0.4 is 5.32 Å². The number of nitriles is 1. The number of rotatable bonds is 4. The maximum atomic E-state index is 13.4. The largest absolute Gasteiger partial charge is 0.387 e. The van der Waals surface area contributed by atoms with Gasteiger partial charge < -0.3 is 10.4 Å². The summed E-state index contributed by atoms with van der Waals surface area (Å²) < 4.78 is 13.4. The molecule has 0 spiro atoms. The lowest BCUT2D eigenvalue weighted by molar-refractivity contribution is 0.191. The standard InChI is InChI=1S/C15H13FN2O/c16-13-7-4-8-14(12(13)9-17)18-10-15(19)11-5-2-1-3-6-11/h1-8,15,18-19H,10H2. The molecular weight excluding hydrogens is 243 g/mol. The van der Waals surface area contributed by atoms with Crippen molar-refractivity contribution in [3.63, 3.8) is 0 Å². The molecule has 4 heteroatoms. The third-order valence-electron chi connectivity index (χ3n) is 2.80. The third-order valence-corrected chi connectivity index (χ3v) is 2.80. The Bertz CT molecular complexity index is 593. The Kier molecular flexibility index (Phi) is 4.11. The minimum absolute atomic E-state index is 0.0391. The Balaban J connectivity index is 2.08. The molecule has 0 radical (unpaired) electrons. The zero-order valence-electron chi connectivity index (χ0n) is 10.2. The Hall–Kier alpha value is -2.38. The molecule has 0 fully saturated rings. The van der Waals surface area contributed by atoms with E-state index in [4.69, 9.17) is 5.26 Å². The van der Waals surface area contributed by atoms with Gasteiger partial charge in [0, 0.05) is 6.54 Å². The van der Waals surface area contributed by atoms with E-state index in [2.05, 4.69) is 5.32 Å². The molecule has 19 heavy (non-hydrogen) atoms. The molecule has 2 rings (SSSR count). The van der Waals surface area contributed by atoms with Crippen LogP contribution in [0.3, 0.4) is 0 Å². The van der Waals surface area contributed by atoms with E-state index in [1.165, 1.54) is 12.1 Å². The van der Waals surface area contributed by atoms with Gasteiger partial charge in [-0.1, -0.05) is 36.4 Å². The van der Waals surface area contributed by atoms with E-state index < -0.39 is 11.9 Å². The Morgan fingerprint density at radius 3 is 2.58 bits per heavy atom. The number of nitrogens with zero attached hydrogens (tertiary/aromatic N) is 1. The van der Waals surface area contributed by atoms with Gasteiger partial charge in [0.15, 0.2) is 0 Å². The second-order valence-corrected chi connectivity index (χ2v) is 4.08. The summed E-state index contributed by atoms with van der Waals surface area (Å²) >= 11 is 0. The fraction of sp³-hybridized carbons (Fsp3) is 0.133. The molecule has 0 heterocycles. The fourth-order valence-corrected chi connectivity index (χ4v) is 1.78. The summed E-state index contributed by atoms with van der Waals surface area (Å²) in [4.78, 5) is 0. The first-order chi connectivity index (χ1) is 9.22. The van der Waals surface area contributed by atoms with Crippen LogP contribution in [0.15, 0.2) is 48.5 Å². The predicted molar refractivity (Wildman–Crippen MR) is 71.0 cm³/mol. The van der Waals surface area contributed by atoms with Crippen molar-refractivity contribution < 1.29 is 9.50 Å². The van der Waals surface area contributed by atoms with Crippen molar-refractivity contribution in [3.05, 3.63) is 65.5 Å². The molecule has 1 atom stereocenters. The number of anilines is 1. The van der Waals surface area contributed by atoms with Crippen molar-refractivity contribution in [2.45, 2.75) is 6.10 Å². The molecule has 0 aromatic heterocycles. The van der Waals surface area contributed by atoms with E-state index >= 15 is 0 Å². The molecule has 0 aliphatic carbocycles. The van der Waals surface area contributed by atoms with Gasteiger partial charge >= 0.3 is 0 Å². The van der Waals surface area contributed by atoms with E-state index in [0.29, 0.717) is 5.69 Å². The van der Waals surface area contributed by atoms with Crippen LogP contribution in [0.1, 0.15) is 17.2 Å². The SMILES string of the molecule is N#Cc1c(F)cccc1NCC(O)c1ccccc1. The first kappa shape index (κ1) is 13.1. The molecule has 3 nitrogen and oxygen atoms in total. The second-order valence-electron chi connectivity index (χ2n) is 4.08. The third kappa shape index (κ3) is 3.09. The molecule has 0 saturated heterocycles. The van der Waals surface area contributed by atoms with Gasteiger partial charge in [-0.05, 0) is 17.7 Å². The van der Waals surface area contributed by atoms with Crippen LogP contribution in [-0.2, 0) is 0 Å². The Labute approximate surface area is 110 Å². The minimum Gasteiger partial charge on any atom is -0.387 e. The molecule has 2 aromatic rings. The lowest BCUT2D eigenvalue weighted by atomic mass is 10.1. The molecule has 0 saturated carbocycles. The summed E-state index contributed by atoms with van der Waals surface area (Å²) in [5.41, 5.74) is 1.12. The van der Waals surface area contributed by atoms with Crippen molar-refractivity contribution in [1.29, 1.82) is 5.26 Å². The summed E-state index contributed by atoms with van der Waals surface area (Å²) in [6, 6.07) is 15.3. The highest BCUT2D eigenvalue weighted by atomic mass is 19.1. The molecule has 0 bridgehead atoms. The number of aliphatic hydroxyl groups is 1. The molecule has 0 amide bonds. The van der Waals surface area contributed by atoms with E-state index in [-0.39, 0.29) is 12.1 Å². The first-order valence-corrected chi connectivity index (χ1v) is 5.88. The first-order valence-electron chi connectivity index (χ1n) is 5.88. The number of benzene rings is 2. The molecule has 0 aliphatic rings. The molecule has 96 valence electrons. The second kappa shape index (κ2) is 5.98. The summed E-state index contributed by atoms with van der Waals surface area (Å²) in [6.07, 6.45) is -0.712. The molecule has 1 unspecified atom stereocenters. The van der Waals surface area contributed by atoms with Crippen LogP contribution in [0.4, 0.5) is 10.1 Å². The van der Waals surface area contributed by atoms with Crippen LogP contribution in [0, 0.1) is 17.1 Å². The quantitative estimate of drug-likeness (QED) is 0.884. The van der Waals surface area contributed by atoms with E-state index in [0.717, 1.165) is 5.56 Å². The van der Waals surface area contributed by atoms with Gasteiger partial charge in [-0.3, -0.25) is 0 Å².